The molecule has 1 saturated heterocycles. The molecule has 4 rings (SSSR count). The van der Waals surface area contributed by atoms with Crippen LogP contribution in [0.15, 0.2) is 24.4 Å². The predicted molar refractivity (Wildman–Crippen MR) is 90.2 cm³/mol. The first-order valence-electron chi connectivity index (χ1n) is 8.34. The van der Waals surface area contributed by atoms with Crippen LogP contribution in [0.2, 0.25) is 0 Å². The number of hydrogen-bond acceptors (Lipinski definition) is 5. The third kappa shape index (κ3) is 2.08. The van der Waals surface area contributed by atoms with E-state index in [9.17, 15) is 4.79 Å². The molecule has 1 saturated carbocycles. The van der Waals surface area contributed by atoms with Gasteiger partial charge in [-0.3, -0.25) is 15.6 Å². The predicted octanol–water partition coefficient (Wildman–Crippen LogP) is 0.632. The lowest BCUT2D eigenvalue weighted by Gasteiger charge is -2.35. The normalized spacial score (nSPS) is 26.6. The zero-order valence-electron chi connectivity index (χ0n) is 14.3. The molecule has 0 bridgehead atoms. The Bertz CT molecular complexity index is 801. The van der Waals surface area contributed by atoms with Crippen molar-refractivity contribution in [3.63, 3.8) is 0 Å². The number of rotatable bonds is 3. The lowest BCUT2D eigenvalue weighted by atomic mass is 9.94. The van der Waals surface area contributed by atoms with E-state index in [1.54, 1.807) is 5.01 Å². The van der Waals surface area contributed by atoms with Gasteiger partial charge in [0, 0.05) is 30.3 Å². The number of nitrogens with zero attached hydrogens (tertiary/aromatic N) is 4. The van der Waals surface area contributed by atoms with Crippen molar-refractivity contribution in [2.24, 2.45) is 29.4 Å². The van der Waals surface area contributed by atoms with Crippen LogP contribution in [-0.2, 0) is 10.3 Å². The molecule has 2 aromatic heterocycles. The van der Waals surface area contributed by atoms with Gasteiger partial charge >= 0.3 is 0 Å². The van der Waals surface area contributed by atoms with Gasteiger partial charge in [0.2, 0.25) is 5.91 Å². The highest BCUT2D eigenvalue weighted by atomic mass is 16.2. The van der Waals surface area contributed by atoms with Crippen molar-refractivity contribution in [1.29, 1.82) is 0 Å². The molecular weight excluding hydrogens is 304 g/mol. The Morgan fingerprint density at radius 2 is 2.00 bits per heavy atom. The largest absolute Gasteiger partial charge is 0.273 e. The summed E-state index contributed by atoms with van der Waals surface area (Å²) in [5.41, 5.74) is 2.34. The maximum atomic E-state index is 12.9. The number of hydrogen-bond donors (Lipinski definition) is 2. The maximum absolute atomic E-state index is 12.9. The first kappa shape index (κ1) is 15.6. The van der Waals surface area contributed by atoms with Crippen LogP contribution in [-0.4, -0.2) is 38.6 Å². The first-order valence-corrected chi connectivity index (χ1v) is 8.34. The van der Waals surface area contributed by atoms with E-state index in [1.165, 1.54) is 5.01 Å². The lowest BCUT2D eigenvalue weighted by Crippen LogP contribution is -2.52. The van der Waals surface area contributed by atoms with Gasteiger partial charge in [-0.2, -0.15) is 5.10 Å². The molecule has 1 amide bonds. The summed E-state index contributed by atoms with van der Waals surface area (Å²) in [7, 11) is 0. The van der Waals surface area contributed by atoms with E-state index < -0.39 is 5.54 Å². The average molecular weight is 328 g/mol. The Kier molecular flexibility index (Phi) is 3.25. The molecule has 4 N–H and O–H groups in total. The number of carbonyl (C=O) groups is 1. The number of pyridine rings is 1. The highest BCUT2D eigenvalue weighted by Crippen LogP contribution is 2.52. The van der Waals surface area contributed by atoms with Gasteiger partial charge in [0.15, 0.2) is 0 Å². The van der Waals surface area contributed by atoms with Gasteiger partial charge in [-0.15, -0.1) is 0 Å². The molecular formula is C17H24N6O. The third-order valence-electron chi connectivity index (χ3n) is 5.74. The summed E-state index contributed by atoms with van der Waals surface area (Å²) in [6, 6.07) is 6.01. The van der Waals surface area contributed by atoms with E-state index in [2.05, 4.69) is 5.10 Å². The van der Waals surface area contributed by atoms with Gasteiger partial charge in [-0.25, -0.2) is 15.4 Å². The van der Waals surface area contributed by atoms with Crippen LogP contribution in [0.5, 0.6) is 0 Å². The second-order valence-electron chi connectivity index (χ2n) is 7.60. The molecule has 3 heterocycles. The Morgan fingerprint density at radius 3 is 2.67 bits per heavy atom. The van der Waals surface area contributed by atoms with Crippen molar-refractivity contribution in [1.82, 2.24) is 19.6 Å². The zero-order chi connectivity index (χ0) is 17.2. The van der Waals surface area contributed by atoms with Crippen molar-refractivity contribution >= 4 is 11.4 Å². The number of hydrazine groups is 2. The fraction of sp³-hybridized carbons (Fsp3) is 0.529. The molecule has 2 fully saturated rings. The van der Waals surface area contributed by atoms with Crippen LogP contribution in [0, 0.1) is 24.7 Å². The number of fused-ring (bicyclic) bond motifs is 2. The van der Waals surface area contributed by atoms with Crippen molar-refractivity contribution in [2.45, 2.75) is 26.3 Å². The molecule has 0 radical (unpaired) electrons. The van der Waals surface area contributed by atoms with Crippen molar-refractivity contribution in [3.8, 4) is 0 Å². The zero-order valence-corrected chi connectivity index (χ0v) is 14.3. The number of amides is 1. The fourth-order valence-corrected chi connectivity index (χ4v) is 4.11. The fourth-order valence-electron chi connectivity index (χ4n) is 4.11. The Labute approximate surface area is 141 Å². The van der Waals surface area contributed by atoms with Crippen molar-refractivity contribution < 1.29 is 4.79 Å². The highest BCUT2D eigenvalue weighted by Gasteiger charge is 2.60. The Hall–Kier alpha value is -1.96. The molecule has 2 aliphatic rings. The van der Waals surface area contributed by atoms with E-state index in [-0.39, 0.29) is 11.8 Å². The number of aromatic nitrogens is 2. The van der Waals surface area contributed by atoms with E-state index in [0.717, 1.165) is 29.9 Å². The SMILES string of the molecule is Cc1cccc2c(C(C)(C)N(N)C(=O)C3[C@H]4CN(N)C[C@@H]34)cnn12. The number of piperidine rings is 1. The molecule has 1 aliphatic carbocycles. The summed E-state index contributed by atoms with van der Waals surface area (Å²) in [4.78, 5) is 12.9. The van der Waals surface area contributed by atoms with Gasteiger partial charge in [0.05, 0.1) is 17.3 Å². The number of aryl methyl sites for hydroxylation is 1. The second-order valence-corrected chi connectivity index (χ2v) is 7.60. The first-order chi connectivity index (χ1) is 11.3. The van der Waals surface area contributed by atoms with Crippen LogP contribution >= 0.6 is 0 Å². The molecule has 24 heavy (non-hydrogen) atoms. The highest BCUT2D eigenvalue weighted by molar-refractivity contribution is 5.83. The monoisotopic (exact) mass is 328 g/mol. The summed E-state index contributed by atoms with van der Waals surface area (Å²) in [6.07, 6.45) is 1.81. The van der Waals surface area contributed by atoms with Crippen LogP contribution in [0.1, 0.15) is 25.1 Å². The van der Waals surface area contributed by atoms with E-state index in [0.29, 0.717) is 11.8 Å². The van der Waals surface area contributed by atoms with E-state index in [1.807, 2.05) is 49.7 Å². The average Bonchev–Trinajstić information content (AvgIpc) is 2.90. The summed E-state index contributed by atoms with van der Waals surface area (Å²) >= 11 is 0. The molecule has 0 spiro atoms. The topological polar surface area (TPSA) is 92.9 Å². The second kappa shape index (κ2) is 5.02. The summed E-state index contributed by atoms with van der Waals surface area (Å²) in [5, 5.41) is 7.64. The minimum atomic E-state index is -0.633. The van der Waals surface area contributed by atoms with Gasteiger partial charge in [-0.05, 0) is 44.7 Å². The minimum absolute atomic E-state index is 0.00935. The molecule has 1 aliphatic heterocycles. The third-order valence-corrected chi connectivity index (χ3v) is 5.74. The summed E-state index contributed by atoms with van der Waals surface area (Å²) < 4.78 is 1.88. The number of nitrogens with two attached hydrogens (primary N) is 2. The quantitative estimate of drug-likeness (QED) is 0.490. The summed E-state index contributed by atoms with van der Waals surface area (Å²) in [6.45, 7) is 7.51. The molecule has 7 heteroatoms. The van der Waals surface area contributed by atoms with Gasteiger partial charge in [0.25, 0.3) is 0 Å². The maximum Gasteiger partial charge on any atom is 0.241 e. The van der Waals surface area contributed by atoms with Gasteiger partial charge in [0.1, 0.15) is 0 Å². The molecule has 7 nitrogen and oxygen atoms in total. The lowest BCUT2D eigenvalue weighted by molar-refractivity contribution is -0.139. The van der Waals surface area contributed by atoms with Crippen molar-refractivity contribution in [3.05, 3.63) is 35.7 Å². The minimum Gasteiger partial charge on any atom is -0.273 e. The molecule has 2 aromatic rings. The standard InChI is InChI=1S/C17H24N6O/c1-10-5-4-6-14-13(7-20-22(10)14)17(2,3)23(19)16(24)15-11-8-21(18)9-12(11)15/h4-7,11-12,15H,8-9,18-19H2,1-3H3/t11-,12+,15?. The molecule has 3 atom stereocenters. The van der Waals surface area contributed by atoms with Crippen molar-refractivity contribution in [2.75, 3.05) is 13.1 Å². The van der Waals surface area contributed by atoms with Gasteiger partial charge < -0.3 is 0 Å². The van der Waals surface area contributed by atoms with Crippen LogP contribution in [0.25, 0.3) is 5.52 Å². The van der Waals surface area contributed by atoms with E-state index >= 15 is 0 Å². The molecule has 0 aromatic carbocycles. The van der Waals surface area contributed by atoms with Crippen LogP contribution < -0.4 is 11.7 Å². The Morgan fingerprint density at radius 1 is 1.33 bits per heavy atom. The van der Waals surface area contributed by atoms with Gasteiger partial charge in [-0.1, -0.05) is 6.07 Å². The van der Waals surface area contributed by atoms with Crippen LogP contribution in [0.4, 0.5) is 0 Å². The number of carbonyl (C=O) groups excluding carboxylic acids is 1. The molecule has 1 unspecified atom stereocenters. The van der Waals surface area contributed by atoms with E-state index in [4.69, 9.17) is 11.7 Å². The van der Waals surface area contributed by atoms with Crippen LogP contribution in [0.3, 0.4) is 0 Å². The smallest absolute Gasteiger partial charge is 0.241 e. The summed E-state index contributed by atoms with van der Waals surface area (Å²) in [5.74, 6) is 12.8. The Balaban J connectivity index is 1.62. The molecule has 128 valence electrons.